The Morgan fingerprint density at radius 1 is 1.12 bits per heavy atom. The third kappa shape index (κ3) is 4.78. The first-order valence-corrected chi connectivity index (χ1v) is 8.02. The number of carbonyl (C=O) groups is 3. The highest BCUT2D eigenvalue weighted by Crippen LogP contribution is 2.32. The van der Waals surface area contributed by atoms with Crippen molar-refractivity contribution in [3.8, 4) is 0 Å². The number of rotatable bonds is 6. The molecule has 2 rings (SSSR count). The molecule has 2 atom stereocenters. The van der Waals surface area contributed by atoms with Crippen molar-refractivity contribution in [1.29, 1.82) is 0 Å². The van der Waals surface area contributed by atoms with E-state index in [-0.39, 0.29) is 17.8 Å². The molecule has 1 aromatic carbocycles. The van der Waals surface area contributed by atoms with Crippen molar-refractivity contribution in [2.45, 2.75) is 51.7 Å². The van der Waals surface area contributed by atoms with Crippen molar-refractivity contribution < 1.29 is 23.9 Å². The van der Waals surface area contributed by atoms with Crippen LogP contribution < -0.4 is 0 Å². The maximum absolute atomic E-state index is 12.0. The van der Waals surface area contributed by atoms with Crippen molar-refractivity contribution in [1.82, 2.24) is 0 Å². The third-order valence-electron chi connectivity index (χ3n) is 3.69. The summed E-state index contributed by atoms with van der Waals surface area (Å²) >= 11 is 0. The Kier molecular flexibility index (Phi) is 5.90. The summed E-state index contributed by atoms with van der Waals surface area (Å²) in [5.41, 5.74) is 1.03. The Bertz CT molecular complexity index is 645. The van der Waals surface area contributed by atoms with Gasteiger partial charge in [-0.25, -0.2) is 4.79 Å². The predicted molar refractivity (Wildman–Crippen MR) is 88.3 cm³/mol. The van der Waals surface area contributed by atoms with Crippen LogP contribution in [0.3, 0.4) is 0 Å². The number of esters is 1. The van der Waals surface area contributed by atoms with Gasteiger partial charge in [-0.3, -0.25) is 9.59 Å². The standard InChI is InChI=1S/C19H22O5/c1-12(2)23-19(22)18(13(3)20)24-17-10-15(9-16(21)11-17)14-7-5-4-6-8-14/h4-8,11-12,15,18H,9-10H2,1-3H3/t15-,18+/m1/s1. The van der Waals surface area contributed by atoms with Crippen LogP contribution in [0.25, 0.3) is 0 Å². The maximum Gasteiger partial charge on any atom is 0.355 e. The van der Waals surface area contributed by atoms with E-state index in [1.807, 2.05) is 30.3 Å². The topological polar surface area (TPSA) is 69.7 Å². The van der Waals surface area contributed by atoms with Gasteiger partial charge in [-0.2, -0.15) is 0 Å². The molecule has 0 radical (unpaired) electrons. The quantitative estimate of drug-likeness (QED) is 0.592. The van der Waals surface area contributed by atoms with Gasteiger partial charge in [0.25, 0.3) is 6.10 Å². The van der Waals surface area contributed by atoms with Crippen LogP contribution in [0, 0.1) is 0 Å². The monoisotopic (exact) mass is 330 g/mol. The SMILES string of the molecule is CC(=O)[C@H](OC1=CC(=O)C[C@@H](c2ccccc2)C1)C(=O)OC(C)C. The Balaban J connectivity index is 2.13. The zero-order valence-corrected chi connectivity index (χ0v) is 14.2. The van der Waals surface area contributed by atoms with E-state index in [1.54, 1.807) is 13.8 Å². The van der Waals surface area contributed by atoms with Crippen molar-refractivity contribution in [2.24, 2.45) is 0 Å². The van der Waals surface area contributed by atoms with Crippen LogP contribution in [0.15, 0.2) is 42.2 Å². The van der Waals surface area contributed by atoms with Gasteiger partial charge in [0.05, 0.1) is 6.10 Å². The first kappa shape index (κ1) is 17.9. The van der Waals surface area contributed by atoms with E-state index >= 15 is 0 Å². The smallest absolute Gasteiger partial charge is 0.355 e. The molecule has 1 aliphatic carbocycles. The fourth-order valence-electron chi connectivity index (χ4n) is 2.64. The molecular weight excluding hydrogens is 308 g/mol. The first-order valence-electron chi connectivity index (χ1n) is 8.02. The number of allylic oxidation sites excluding steroid dienone is 2. The summed E-state index contributed by atoms with van der Waals surface area (Å²) in [4.78, 5) is 35.8. The minimum Gasteiger partial charge on any atom is -0.475 e. The van der Waals surface area contributed by atoms with Gasteiger partial charge in [0, 0.05) is 18.9 Å². The molecule has 5 nitrogen and oxygen atoms in total. The number of ether oxygens (including phenoxy) is 2. The van der Waals surface area contributed by atoms with Crippen LogP contribution in [0.5, 0.6) is 0 Å². The van der Waals surface area contributed by atoms with Gasteiger partial charge < -0.3 is 9.47 Å². The first-order chi connectivity index (χ1) is 11.4. The highest BCUT2D eigenvalue weighted by Gasteiger charge is 2.31. The van der Waals surface area contributed by atoms with Crippen LogP contribution in [-0.4, -0.2) is 29.7 Å². The average molecular weight is 330 g/mol. The highest BCUT2D eigenvalue weighted by molar-refractivity contribution is 6.01. The molecule has 128 valence electrons. The number of hydrogen-bond acceptors (Lipinski definition) is 5. The molecule has 5 heteroatoms. The number of hydrogen-bond donors (Lipinski definition) is 0. The summed E-state index contributed by atoms with van der Waals surface area (Å²) in [5.74, 6) is -0.929. The summed E-state index contributed by atoms with van der Waals surface area (Å²) in [6, 6.07) is 9.65. The molecule has 0 aliphatic heterocycles. The van der Waals surface area contributed by atoms with Gasteiger partial charge >= 0.3 is 5.97 Å². The molecule has 0 aromatic heterocycles. The summed E-state index contributed by atoms with van der Waals surface area (Å²) < 4.78 is 10.6. The van der Waals surface area contributed by atoms with Crippen molar-refractivity contribution in [3.63, 3.8) is 0 Å². The van der Waals surface area contributed by atoms with Crippen LogP contribution in [-0.2, 0) is 23.9 Å². The van der Waals surface area contributed by atoms with Crippen LogP contribution in [0.2, 0.25) is 0 Å². The van der Waals surface area contributed by atoms with Gasteiger partial charge in [-0.15, -0.1) is 0 Å². The zero-order valence-electron chi connectivity index (χ0n) is 14.2. The summed E-state index contributed by atoms with van der Waals surface area (Å²) in [6.07, 6.45) is 0.549. The lowest BCUT2D eigenvalue weighted by molar-refractivity contribution is -0.162. The normalized spacial score (nSPS) is 18.8. The molecule has 0 saturated heterocycles. The second kappa shape index (κ2) is 7.90. The van der Waals surface area contributed by atoms with Gasteiger partial charge in [-0.1, -0.05) is 30.3 Å². The summed E-state index contributed by atoms with van der Waals surface area (Å²) in [5, 5.41) is 0. The molecule has 0 amide bonds. The largest absolute Gasteiger partial charge is 0.475 e. The molecule has 0 heterocycles. The minimum atomic E-state index is -1.33. The van der Waals surface area contributed by atoms with E-state index in [0.717, 1.165) is 5.56 Å². The van der Waals surface area contributed by atoms with Gasteiger partial charge in [0.2, 0.25) is 0 Å². The fraction of sp³-hybridized carbons (Fsp3) is 0.421. The molecule has 0 spiro atoms. The molecule has 1 aromatic rings. The number of benzene rings is 1. The van der Waals surface area contributed by atoms with Crippen LogP contribution >= 0.6 is 0 Å². The molecule has 24 heavy (non-hydrogen) atoms. The van der Waals surface area contributed by atoms with E-state index in [1.165, 1.54) is 13.0 Å². The van der Waals surface area contributed by atoms with Crippen molar-refractivity contribution in [2.75, 3.05) is 0 Å². The molecule has 0 bridgehead atoms. The van der Waals surface area contributed by atoms with E-state index in [4.69, 9.17) is 9.47 Å². The van der Waals surface area contributed by atoms with Gasteiger partial charge in [0.1, 0.15) is 5.76 Å². The summed E-state index contributed by atoms with van der Waals surface area (Å²) in [6.45, 7) is 4.67. The fourth-order valence-corrected chi connectivity index (χ4v) is 2.64. The second-order valence-corrected chi connectivity index (χ2v) is 6.19. The maximum atomic E-state index is 12.0. The highest BCUT2D eigenvalue weighted by atomic mass is 16.6. The third-order valence-corrected chi connectivity index (χ3v) is 3.69. The molecule has 0 fully saturated rings. The van der Waals surface area contributed by atoms with E-state index in [2.05, 4.69) is 0 Å². The van der Waals surface area contributed by atoms with Crippen LogP contribution in [0.1, 0.15) is 45.1 Å². The number of ketones is 2. The van der Waals surface area contributed by atoms with Crippen molar-refractivity contribution >= 4 is 17.5 Å². The molecule has 0 saturated carbocycles. The van der Waals surface area contributed by atoms with E-state index in [9.17, 15) is 14.4 Å². The predicted octanol–water partition coefficient (Wildman–Crippen LogP) is 2.94. The van der Waals surface area contributed by atoms with E-state index in [0.29, 0.717) is 18.6 Å². The zero-order chi connectivity index (χ0) is 17.7. The van der Waals surface area contributed by atoms with E-state index < -0.39 is 17.9 Å². The molecular formula is C19H22O5. The van der Waals surface area contributed by atoms with Gasteiger partial charge in [0.15, 0.2) is 11.6 Å². The Labute approximate surface area is 141 Å². The second-order valence-electron chi connectivity index (χ2n) is 6.19. The lowest BCUT2D eigenvalue weighted by Gasteiger charge is -2.25. The number of Topliss-reactive ketones (excluding diaryl/α,β-unsaturated/α-hetero) is 1. The molecule has 0 N–H and O–H groups in total. The van der Waals surface area contributed by atoms with Crippen LogP contribution in [0.4, 0.5) is 0 Å². The van der Waals surface area contributed by atoms with Crippen molar-refractivity contribution in [3.05, 3.63) is 47.7 Å². The Morgan fingerprint density at radius 3 is 2.38 bits per heavy atom. The Morgan fingerprint density at radius 2 is 1.79 bits per heavy atom. The molecule has 0 unspecified atom stereocenters. The van der Waals surface area contributed by atoms with Gasteiger partial charge in [-0.05, 0) is 32.3 Å². The lowest BCUT2D eigenvalue weighted by atomic mass is 9.86. The summed E-state index contributed by atoms with van der Waals surface area (Å²) in [7, 11) is 0. The number of carbonyl (C=O) groups excluding carboxylic acids is 3. The minimum absolute atomic E-state index is 0.0209. The molecule has 1 aliphatic rings. The lowest BCUT2D eigenvalue weighted by Crippen LogP contribution is -2.35. The Hall–Kier alpha value is -2.43. The average Bonchev–Trinajstić information content (AvgIpc) is 2.52.